The van der Waals surface area contributed by atoms with Crippen molar-refractivity contribution >= 4 is 22.5 Å². The monoisotopic (exact) mass is 243 g/mol. The van der Waals surface area contributed by atoms with Crippen LogP contribution >= 0.6 is 11.3 Å². The molecule has 1 N–H and O–H groups in total. The summed E-state index contributed by atoms with van der Waals surface area (Å²) in [5.41, 5.74) is 3.02. The number of H-pyrrole nitrogens is 1. The van der Waals surface area contributed by atoms with Crippen LogP contribution in [0.5, 0.6) is 0 Å². The maximum absolute atomic E-state index is 4.54. The minimum Gasteiger partial charge on any atom is -0.336 e. The molecule has 3 aromatic heterocycles. The molecule has 0 aromatic carbocycles. The molecule has 0 amide bonds. The number of aromatic amines is 1. The Bertz CT molecular complexity index is 666. The van der Waals surface area contributed by atoms with Crippen LogP contribution in [0.2, 0.25) is 0 Å². The first-order valence-corrected chi connectivity index (χ1v) is 6.50. The van der Waals surface area contributed by atoms with Crippen LogP contribution in [0.4, 0.5) is 0 Å². The van der Waals surface area contributed by atoms with Crippen molar-refractivity contribution in [2.45, 2.75) is 20.3 Å². The number of imidazole rings is 1. The molecular formula is C13H13N3S. The zero-order chi connectivity index (χ0) is 11.8. The lowest BCUT2D eigenvalue weighted by Gasteiger charge is -1.91. The van der Waals surface area contributed by atoms with E-state index in [0.717, 1.165) is 23.4 Å². The van der Waals surface area contributed by atoms with Crippen molar-refractivity contribution in [3.63, 3.8) is 0 Å². The quantitative estimate of drug-likeness (QED) is 0.747. The summed E-state index contributed by atoms with van der Waals surface area (Å²) in [6, 6.07) is 6.28. The van der Waals surface area contributed by atoms with Gasteiger partial charge in [-0.1, -0.05) is 6.92 Å². The Morgan fingerprint density at radius 2 is 2.18 bits per heavy atom. The van der Waals surface area contributed by atoms with Gasteiger partial charge in [0.15, 0.2) is 11.5 Å². The van der Waals surface area contributed by atoms with E-state index in [4.69, 9.17) is 0 Å². The first-order valence-electron chi connectivity index (χ1n) is 5.68. The van der Waals surface area contributed by atoms with E-state index in [1.54, 1.807) is 17.5 Å². The molecular weight excluding hydrogens is 230 g/mol. The highest BCUT2D eigenvalue weighted by atomic mass is 32.1. The molecule has 0 aliphatic heterocycles. The first-order chi connectivity index (χ1) is 8.28. The Labute approximate surface area is 104 Å². The molecule has 4 heteroatoms. The molecule has 0 bridgehead atoms. The van der Waals surface area contributed by atoms with Gasteiger partial charge in [-0.15, -0.1) is 11.3 Å². The molecule has 3 nitrogen and oxygen atoms in total. The highest BCUT2D eigenvalue weighted by Crippen LogP contribution is 2.28. The van der Waals surface area contributed by atoms with Crippen molar-refractivity contribution in [2.75, 3.05) is 0 Å². The van der Waals surface area contributed by atoms with Crippen molar-refractivity contribution in [2.24, 2.45) is 0 Å². The van der Waals surface area contributed by atoms with Gasteiger partial charge in [-0.05, 0) is 37.1 Å². The molecule has 0 saturated heterocycles. The van der Waals surface area contributed by atoms with E-state index in [1.807, 2.05) is 6.07 Å². The summed E-state index contributed by atoms with van der Waals surface area (Å²) < 4.78 is 0. The van der Waals surface area contributed by atoms with Gasteiger partial charge in [0, 0.05) is 11.1 Å². The Kier molecular flexibility index (Phi) is 2.44. The predicted molar refractivity (Wildman–Crippen MR) is 71.3 cm³/mol. The van der Waals surface area contributed by atoms with Crippen molar-refractivity contribution in [1.82, 2.24) is 15.0 Å². The van der Waals surface area contributed by atoms with Crippen LogP contribution < -0.4 is 0 Å². The van der Waals surface area contributed by atoms with Crippen LogP contribution in [-0.4, -0.2) is 15.0 Å². The second kappa shape index (κ2) is 3.96. The molecule has 17 heavy (non-hydrogen) atoms. The Hall–Kier alpha value is -1.68. The number of aryl methyl sites for hydroxylation is 2. The van der Waals surface area contributed by atoms with Crippen LogP contribution in [0, 0.1) is 6.92 Å². The SMILES string of the molecule is CCc1ccc(-c2nc3nccc(C)c3[nH]2)s1. The average molecular weight is 243 g/mol. The van der Waals surface area contributed by atoms with E-state index in [2.05, 4.69) is 40.9 Å². The predicted octanol–water partition coefficient (Wildman–Crippen LogP) is 3.56. The van der Waals surface area contributed by atoms with Gasteiger partial charge in [0.1, 0.15) is 0 Å². The van der Waals surface area contributed by atoms with Gasteiger partial charge in [-0.2, -0.15) is 0 Å². The summed E-state index contributed by atoms with van der Waals surface area (Å²) in [7, 11) is 0. The Morgan fingerprint density at radius 1 is 1.29 bits per heavy atom. The molecule has 0 aliphatic carbocycles. The molecule has 3 heterocycles. The van der Waals surface area contributed by atoms with Gasteiger partial charge in [-0.3, -0.25) is 0 Å². The molecule has 3 aromatic rings. The maximum Gasteiger partial charge on any atom is 0.178 e. The van der Waals surface area contributed by atoms with Crippen LogP contribution in [0.1, 0.15) is 17.4 Å². The first kappa shape index (κ1) is 10.5. The summed E-state index contributed by atoms with van der Waals surface area (Å²) in [6.07, 6.45) is 2.87. The molecule has 0 spiro atoms. The third kappa shape index (κ3) is 1.74. The molecule has 0 unspecified atom stereocenters. The van der Waals surface area contributed by atoms with E-state index in [9.17, 15) is 0 Å². The van der Waals surface area contributed by atoms with Gasteiger partial charge < -0.3 is 4.98 Å². The minimum absolute atomic E-state index is 0.798. The van der Waals surface area contributed by atoms with Gasteiger partial charge in [0.2, 0.25) is 0 Å². The van der Waals surface area contributed by atoms with Crippen molar-refractivity contribution in [1.29, 1.82) is 0 Å². The number of rotatable bonds is 2. The van der Waals surface area contributed by atoms with E-state index in [0.29, 0.717) is 0 Å². The molecule has 86 valence electrons. The van der Waals surface area contributed by atoms with Crippen LogP contribution in [-0.2, 0) is 6.42 Å². The van der Waals surface area contributed by atoms with Crippen molar-refractivity contribution < 1.29 is 0 Å². The van der Waals surface area contributed by atoms with E-state index in [-0.39, 0.29) is 0 Å². The lowest BCUT2D eigenvalue weighted by Crippen LogP contribution is -1.78. The van der Waals surface area contributed by atoms with E-state index >= 15 is 0 Å². The van der Waals surface area contributed by atoms with Crippen molar-refractivity contribution in [3.8, 4) is 10.7 Å². The maximum atomic E-state index is 4.54. The molecule has 3 rings (SSSR count). The summed E-state index contributed by atoms with van der Waals surface area (Å²) in [4.78, 5) is 14.7. The Balaban J connectivity index is 2.14. The number of thiophene rings is 1. The third-order valence-corrected chi connectivity index (χ3v) is 4.08. The number of aromatic nitrogens is 3. The molecule has 0 atom stereocenters. The summed E-state index contributed by atoms with van der Waals surface area (Å²) >= 11 is 1.79. The standard InChI is InChI=1S/C13H13N3S/c1-3-9-4-5-10(17-9)12-15-11-8(2)6-7-14-13(11)16-12/h4-7H,3H2,1-2H3,(H,14,15,16). The summed E-state index contributed by atoms with van der Waals surface area (Å²) in [5.74, 6) is 0.923. The zero-order valence-electron chi connectivity index (χ0n) is 9.82. The summed E-state index contributed by atoms with van der Waals surface area (Å²) in [6.45, 7) is 4.23. The number of hydrogen-bond donors (Lipinski definition) is 1. The van der Waals surface area contributed by atoms with Gasteiger partial charge in [0.05, 0.1) is 10.4 Å². The smallest absolute Gasteiger partial charge is 0.178 e. The molecule has 0 fully saturated rings. The zero-order valence-corrected chi connectivity index (χ0v) is 10.6. The lowest BCUT2D eigenvalue weighted by atomic mass is 10.3. The van der Waals surface area contributed by atoms with Crippen LogP contribution in [0.3, 0.4) is 0 Å². The number of nitrogens with zero attached hydrogens (tertiary/aromatic N) is 2. The second-order valence-electron chi connectivity index (χ2n) is 4.03. The van der Waals surface area contributed by atoms with Gasteiger partial charge in [-0.25, -0.2) is 9.97 Å². The topological polar surface area (TPSA) is 41.6 Å². The average Bonchev–Trinajstić information content (AvgIpc) is 2.95. The number of pyridine rings is 1. The Morgan fingerprint density at radius 3 is 2.88 bits per heavy atom. The van der Waals surface area contributed by atoms with Crippen molar-refractivity contribution in [3.05, 3.63) is 34.8 Å². The van der Waals surface area contributed by atoms with Crippen LogP contribution in [0.25, 0.3) is 21.9 Å². The fourth-order valence-corrected chi connectivity index (χ4v) is 2.74. The molecule has 0 radical (unpaired) electrons. The largest absolute Gasteiger partial charge is 0.336 e. The van der Waals surface area contributed by atoms with Gasteiger partial charge >= 0.3 is 0 Å². The van der Waals surface area contributed by atoms with Crippen LogP contribution in [0.15, 0.2) is 24.4 Å². The minimum atomic E-state index is 0.798. The fourth-order valence-electron chi connectivity index (χ4n) is 1.85. The van der Waals surface area contributed by atoms with E-state index < -0.39 is 0 Å². The fraction of sp³-hybridized carbons (Fsp3) is 0.231. The molecule has 0 aliphatic rings. The normalized spacial score (nSPS) is 11.2. The number of hydrogen-bond acceptors (Lipinski definition) is 3. The van der Waals surface area contributed by atoms with Gasteiger partial charge in [0.25, 0.3) is 0 Å². The second-order valence-corrected chi connectivity index (χ2v) is 5.20. The third-order valence-electron chi connectivity index (χ3n) is 2.84. The lowest BCUT2D eigenvalue weighted by molar-refractivity contribution is 1.19. The molecule has 0 saturated carbocycles. The number of fused-ring (bicyclic) bond motifs is 1. The summed E-state index contributed by atoms with van der Waals surface area (Å²) in [5, 5.41) is 0. The number of nitrogens with one attached hydrogen (secondary N) is 1. The highest BCUT2D eigenvalue weighted by molar-refractivity contribution is 7.15. The highest BCUT2D eigenvalue weighted by Gasteiger charge is 2.09. The van der Waals surface area contributed by atoms with E-state index in [1.165, 1.54) is 15.3 Å².